The van der Waals surface area contributed by atoms with E-state index in [2.05, 4.69) is 4.74 Å². The van der Waals surface area contributed by atoms with Gasteiger partial charge in [-0.3, -0.25) is 0 Å². The fraction of sp³-hybridized carbons (Fsp3) is 0.455. The van der Waals surface area contributed by atoms with Crippen molar-refractivity contribution in [3.63, 3.8) is 0 Å². The van der Waals surface area contributed by atoms with Crippen LogP contribution in [0, 0.1) is 0 Å². The standard InChI is InChI=1S/C11H12F5NO3/c1-19-5-3-6(18)8(7(4-5)20-2)9(17)10(12,13)11(14,15)16/h3-4,9,18H,17H2,1-2H3/t9-/m1/s1. The zero-order valence-corrected chi connectivity index (χ0v) is 10.5. The van der Waals surface area contributed by atoms with E-state index in [1.165, 1.54) is 7.11 Å². The summed E-state index contributed by atoms with van der Waals surface area (Å²) in [4.78, 5) is 0. The lowest BCUT2D eigenvalue weighted by Crippen LogP contribution is -2.46. The maximum absolute atomic E-state index is 13.2. The third kappa shape index (κ3) is 2.72. The van der Waals surface area contributed by atoms with E-state index in [0.717, 1.165) is 19.2 Å². The quantitative estimate of drug-likeness (QED) is 0.839. The number of phenolic OH excluding ortho intramolecular Hbond substituents is 1. The molecule has 0 saturated carbocycles. The van der Waals surface area contributed by atoms with Gasteiger partial charge < -0.3 is 20.3 Å². The van der Waals surface area contributed by atoms with Gasteiger partial charge in [0.1, 0.15) is 23.3 Å². The number of benzene rings is 1. The molecule has 0 aliphatic rings. The van der Waals surface area contributed by atoms with Crippen LogP contribution in [0.4, 0.5) is 22.0 Å². The molecule has 0 radical (unpaired) electrons. The third-order valence-corrected chi connectivity index (χ3v) is 2.63. The first-order valence-corrected chi connectivity index (χ1v) is 5.21. The predicted octanol–water partition coefficient (Wildman–Crippen LogP) is 2.61. The van der Waals surface area contributed by atoms with E-state index in [-0.39, 0.29) is 5.75 Å². The summed E-state index contributed by atoms with van der Waals surface area (Å²) in [6, 6.07) is -0.908. The summed E-state index contributed by atoms with van der Waals surface area (Å²) < 4.78 is 72.8. The van der Waals surface area contributed by atoms with Crippen molar-refractivity contribution in [2.45, 2.75) is 18.1 Å². The normalized spacial score (nSPS) is 14.0. The lowest BCUT2D eigenvalue weighted by atomic mass is 9.98. The van der Waals surface area contributed by atoms with Crippen LogP contribution >= 0.6 is 0 Å². The van der Waals surface area contributed by atoms with Gasteiger partial charge in [-0.05, 0) is 0 Å². The summed E-state index contributed by atoms with van der Waals surface area (Å²) in [6.45, 7) is 0. The summed E-state index contributed by atoms with van der Waals surface area (Å²) in [5, 5.41) is 9.59. The number of aromatic hydroxyl groups is 1. The summed E-state index contributed by atoms with van der Waals surface area (Å²) >= 11 is 0. The summed E-state index contributed by atoms with van der Waals surface area (Å²) in [5.74, 6) is -6.52. The topological polar surface area (TPSA) is 64.7 Å². The second-order valence-corrected chi connectivity index (χ2v) is 3.86. The Morgan fingerprint density at radius 1 is 1.10 bits per heavy atom. The van der Waals surface area contributed by atoms with Gasteiger partial charge in [0, 0.05) is 12.1 Å². The highest BCUT2D eigenvalue weighted by molar-refractivity contribution is 5.52. The van der Waals surface area contributed by atoms with Gasteiger partial charge in [0.15, 0.2) is 0 Å². The van der Waals surface area contributed by atoms with Gasteiger partial charge in [0.2, 0.25) is 0 Å². The second-order valence-electron chi connectivity index (χ2n) is 3.86. The number of halogens is 5. The molecular weight excluding hydrogens is 289 g/mol. The van der Waals surface area contributed by atoms with Crippen LogP contribution in [-0.4, -0.2) is 31.4 Å². The molecule has 0 saturated heterocycles. The minimum atomic E-state index is -5.86. The summed E-state index contributed by atoms with van der Waals surface area (Å²) in [6.07, 6.45) is -5.86. The van der Waals surface area contributed by atoms with Crippen molar-refractivity contribution in [2.24, 2.45) is 5.73 Å². The molecule has 1 atom stereocenters. The maximum atomic E-state index is 13.2. The Morgan fingerprint density at radius 3 is 2.05 bits per heavy atom. The van der Waals surface area contributed by atoms with Crippen molar-refractivity contribution in [1.29, 1.82) is 0 Å². The van der Waals surface area contributed by atoms with Gasteiger partial charge in [0.05, 0.1) is 19.8 Å². The molecular formula is C11H12F5NO3. The molecule has 4 nitrogen and oxygen atoms in total. The average molecular weight is 301 g/mol. The third-order valence-electron chi connectivity index (χ3n) is 2.63. The van der Waals surface area contributed by atoms with Crippen molar-refractivity contribution < 1.29 is 36.5 Å². The number of rotatable bonds is 4. The molecule has 0 fully saturated rings. The van der Waals surface area contributed by atoms with Gasteiger partial charge in [-0.15, -0.1) is 0 Å². The average Bonchev–Trinajstić information content (AvgIpc) is 2.35. The van der Waals surface area contributed by atoms with E-state index in [9.17, 15) is 27.1 Å². The highest BCUT2D eigenvalue weighted by atomic mass is 19.4. The fourth-order valence-electron chi connectivity index (χ4n) is 1.54. The van der Waals surface area contributed by atoms with Gasteiger partial charge in [-0.2, -0.15) is 22.0 Å². The van der Waals surface area contributed by atoms with E-state index >= 15 is 0 Å². The van der Waals surface area contributed by atoms with Crippen LogP contribution in [0.1, 0.15) is 11.6 Å². The van der Waals surface area contributed by atoms with Gasteiger partial charge in [0.25, 0.3) is 0 Å². The molecule has 114 valence electrons. The molecule has 0 amide bonds. The molecule has 0 unspecified atom stereocenters. The van der Waals surface area contributed by atoms with Gasteiger partial charge in [-0.25, -0.2) is 0 Å². The SMILES string of the molecule is COc1cc(O)c([C@@H](N)C(F)(F)C(F)(F)F)c(OC)c1. The van der Waals surface area contributed by atoms with Crippen LogP contribution in [0.15, 0.2) is 12.1 Å². The second kappa shape index (κ2) is 5.31. The minimum Gasteiger partial charge on any atom is -0.507 e. The Morgan fingerprint density at radius 2 is 1.65 bits per heavy atom. The van der Waals surface area contributed by atoms with Crippen molar-refractivity contribution in [2.75, 3.05) is 14.2 Å². The molecule has 1 aromatic carbocycles. The number of hydrogen-bond donors (Lipinski definition) is 2. The van der Waals surface area contributed by atoms with Crippen LogP contribution in [0.5, 0.6) is 17.2 Å². The smallest absolute Gasteiger partial charge is 0.455 e. The summed E-state index contributed by atoms with van der Waals surface area (Å²) in [5.41, 5.74) is 4.13. The van der Waals surface area contributed by atoms with E-state index < -0.39 is 35.2 Å². The first-order valence-electron chi connectivity index (χ1n) is 5.21. The predicted molar refractivity (Wildman–Crippen MR) is 59.1 cm³/mol. The molecule has 0 bridgehead atoms. The van der Waals surface area contributed by atoms with Crippen LogP contribution in [0.2, 0.25) is 0 Å². The highest BCUT2D eigenvalue weighted by Crippen LogP contribution is 2.48. The largest absolute Gasteiger partial charge is 0.507 e. The fourth-order valence-corrected chi connectivity index (χ4v) is 1.54. The molecule has 0 spiro atoms. The molecule has 1 aromatic rings. The molecule has 0 aliphatic carbocycles. The number of ether oxygens (including phenoxy) is 2. The van der Waals surface area contributed by atoms with Gasteiger partial charge in [-0.1, -0.05) is 0 Å². The zero-order valence-electron chi connectivity index (χ0n) is 10.5. The Kier molecular flexibility index (Phi) is 4.33. The molecule has 3 N–H and O–H groups in total. The molecule has 0 heterocycles. The Bertz CT molecular complexity index is 490. The number of phenols is 1. The maximum Gasteiger partial charge on any atom is 0.455 e. The van der Waals surface area contributed by atoms with Crippen LogP contribution in [0.3, 0.4) is 0 Å². The van der Waals surface area contributed by atoms with Crippen LogP contribution in [-0.2, 0) is 0 Å². The first kappa shape index (κ1) is 16.3. The van der Waals surface area contributed by atoms with Gasteiger partial charge >= 0.3 is 12.1 Å². The molecule has 0 aliphatic heterocycles. The van der Waals surface area contributed by atoms with Crippen molar-refractivity contribution >= 4 is 0 Å². The Hall–Kier alpha value is -1.77. The minimum absolute atomic E-state index is 0.0191. The lowest BCUT2D eigenvalue weighted by molar-refractivity contribution is -0.291. The van der Waals surface area contributed by atoms with E-state index in [4.69, 9.17) is 10.5 Å². The van der Waals surface area contributed by atoms with Crippen LogP contribution in [0.25, 0.3) is 0 Å². The number of hydrogen-bond acceptors (Lipinski definition) is 4. The van der Waals surface area contributed by atoms with E-state index in [0.29, 0.717) is 0 Å². The monoisotopic (exact) mass is 301 g/mol. The first-order chi connectivity index (χ1) is 9.06. The number of alkyl halides is 5. The molecule has 9 heteroatoms. The number of nitrogens with two attached hydrogens (primary N) is 1. The van der Waals surface area contributed by atoms with E-state index in [1.807, 2.05) is 0 Å². The lowest BCUT2D eigenvalue weighted by Gasteiger charge is -2.27. The highest BCUT2D eigenvalue weighted by Gasteiger charge is 2.62. The van der Waals surface area contributed by atoms with Crippen molar-refractivity contribution in [1.82, 2.24) is 0 Å². The Labute approximate surface area is 110 Å². The Balaban J connectivity index is 3.39. The zero-order chi connectivity index (χ0) is 15.7. The molecule has 20 heavy (non-hydrogen) atoms. The van der Waals surface area contributed by atoms with Crippen LogP contribution < -0.4 is 15.2 Å². The molecule has 0 aromatic heterocycles. The number of methoxy groups -OCH3 is 2. The molecule has 1 rings (SSSR count). The van der Waals surface area contributed by atoms with E-state index in [1.54, 1.807) is 0 Å². The van der Waals surface area contributed by atoms with Crippen molar-refractivity contribution in [3.8, 4) is 17.2 Å². The van der Waals surface area contributed by atoms with Crippen molar-refractivity contribution in [3.05, 3.63) is 17.7 Å². The summed E-state index contributed by atoms with van der Waals surface area (Å²) in [7, 11) is 2.26.